The Balaban J connectivity index is 1.64. The quantitative estimate of drug-likeness (QED) is 0.649. The number of aromatic nitrogens is 1. The van der Waals surface area contributed by atoms with Crippen molar-refractivity contribution in [3.05, 3.63) is 53.9 Å². The van der Waals surface area contributed by atoms with Gasteiger partial charge in [-0.1, -0.05) is 30.3 Å². The minimum atomic E-state index is -3.03. The molecule has 1 heterocycles. The number of hydrogen-bond donors (Lipinski definition) is 2. The highest BCUT2D eigenvalue weighted by molar-refractivity contribution is 7.90. The number of aliphatic hydroxyl groups excluding tert-OH is 1. The Bertz CT molecular complexity index is 942. The Hall–Kier alpha value is -2.32. The van der Waals surface area contributed by atoms with Crippen molar-refractivity contribution in [3.8, 4) is 11.1 Å². The van der Waals surface area contributed by atoms with E-state index >= 15 is 0 Å². The standard InChI is InChI=1S/C21H25FN2O4S/c1-29(27,28)11-10-18-9-8-17(13-23-18)14-2-4-15(5-3-14)20(25)19(12-22)24-21(26)16-6-7-16/h2-5,8-9,13,16,19-20,25H,6-7,10-12H2,1H3,(H,24,26)/t19-,20-/m1/s1. The fourth-order valence-electron chi connectivity index (χ4n) is 2.99. The average Bonchev–Trinajstić information content (AvgIpc) is 3.55. The number of halogens is 1. The molecule has 3 rings (SSSR count). The Labute approximate surface area is 170 Å². The van der Waals surface area contributed by atoms with Crippen LogP contribution in [0.4, 0.5) is 4.39 Å². The Morgan fingerprint density at radius 2 is 1.86 bits per heavy atom. The van der Waals surface area contributed by atoms with Crippen LogP contribution in [0.3, 0.4) is 0 Å². The lowest BCUT2D eigenvalue weighted by Crippen LogP contribution is -2.41. The molecule has 2 atom stereocenters. The molecule has 29 heavy (non-hydrogen) atoms. The highest BCUT2D eigenvalue weighted by Gasteiger charge is 2.33. The maximum atomic E-state index is 13.3. The van der Waals surface area contributed by atoms with Crippen molar-refractivity contribution in [2.45, 2.75) is 31.4 Å². The van der Waals surface area contributed by atoms with Gasteiger partial charge >= 0.3 is 0 Å². The van der Waals surface area contributed by atoms with E-state index in [1.807, 2.05) is 6.07 Å². The van der Waals surface area contributed by atoms with E-state index in [9.17, 15) is 22.7 Å². The van der Waals surface area contributed by atoms with E-state index in [0.29, 0.717) is 17.7 Å². The molecule has 1 aliphatic carbocycles. The van der Waals surface area contributed by atoms with Gasteiger partial charge in [-0.3, -0.25) is 9.78 Å². The summed E-state index contributed by atoms with van der Waals surface area (Å²) in [7, 11) is -3.03. The van der Waals surface area contributed by atoms with E-state index in [2.05, 4.69) is 10.3 Å². The average molecular weight is 421 g/mol. The van der Waals surface area contributed by atoms with Crippen molar-refractivity contribution in [1.29, 1.82) is 0 Å². The summed E-state index contributed by atoms with van der Waals surface area (Å²) in [5.41, 5.74) is 2.92. The number of hydrogen-bond acceptors (Lipinski definition) is 5. The Morgan fingerprint density at radius 3 is 2.38 bits per heavy atom. The SMILES string of the molecule is CS(=O)(=O)CCc1ccc(-c2ccc([C@@H](O)[C@@H](CF)NC(=O)C3CC3)cc2)cn1. The number of rotatable bonds is 9. The van der Waals surface area contributed by atoms with Crippen molar-refractivity contribution >= 4 is 15.7 Å². The molecule has 1 amide bonds. The van der Waals surface area contributed by atoms with E-state index < -0.39 is 28.7 Å². The first kappa shape index (κ1) is 21.4. The largest absolute Gasteiger partial charge is 0.386 e. The van der Waals surface area contributed by atoms with Gasteiger partial charge in [-0.2, -0.15) is 0 Å². The van der Waals surface area contributed by atoms with Crippen LogP contribution in [0.15, 0.2) is 42.6 Å². The number of carbonyl (C=O) groups excluding carboxylic acids is 1. The second kappa shape index (κ2) is 9.00. The number of aryl methyl sites for hydroxylation is 1. The predicted octanol–water partition coefficient (Wildman–Crippen LogP) is 2.23. The molecule has 0 radical (unpaired) electrons. The molecule has 2 N–H and O–H groups in total. The lowest BCUT2D eigenvalue weighted by molar-refractivity contribution is -0.124. The molecule has 8 heteroatoms. The number of amides is 1. The minimum Gasteiger partial charge on any atom is -0.386 e. The second-order valence-electron chi connectivity index (χ2n) is 7.53. The van der Waals surface area contributed by atoms with Gasteiger partial charge in [0.2, 0.25) is 5.91 Å². The van der Waals surface area contributed by atoms with Crippen molar-refractivity contribution in [1.82, 2.24) is 10.3 Å². The van der Waals surface area contributed by atoms with Gasteiger partial charge in [-0.15, -0.1) is 0 Å². The van der Waals surface area contributed by atoms with E-state index in [0.717, 1.165) is 24.0 Å². The number of pyridine rings is 1. The van der Waals surface area contributed by atoms with Crippen LogP contribution >= 0.6 is 0 Å². The molecule has 1 fully saturated rings. The highest BCUT2D eigenvalue weighted by Crippen LogP contribution is 2.30. The third-order valence-corrected chi connectivity index (χ3v) is 5.91. The van der Waals surface area contributed by atoms with Crippen molar-refractivity contribution < 1.29 is 22.7 Å². The number of benzene rings is 1. The topological polar surface area (TPSA) is 96.4 Å². The minimum absolute atomic E-state index is 0.0495. The van der Waals surface area contributed by atoms with Gasteiger partial charge < -0.3 is 10.4 Å². The third-order valence-electron chi connectivity index (χ3n) is 4.96. The van der Waals surface area contributed by atoms with Gasteiger partial charge in [-0.25, -0.2) is 12.8 Å². The maximum Gasteiger partial charge on any atom is 0.223 e. The van der Waals surface area contributed by atoms with Crippen molar-refractivity contribution in [3.63, 3.8) is 0 Å². The zero-order valence-electron chi connectivity index (χ0n) is 16.2. The zero-order valence-corrected chi connectivity index (χ0v) is 17.0. The van der Waals surface area contributed by atoms with Crippen LogP contribution in [0.1, 0.15) is 30.2 Å². The lowest BCUT2D eigenvalue weighted by Gasteiger charge is -2.22. The highest BCUT2D eigenvalue weighted by atomic mass is 32.2. The first-order valence-electron chi connectivity index (χ1n) is 9.54. The van der Waals surface area contributed by atoms with Crippen LogP contribution in [0.2, 0.25) is 0 Å². The van der Waals surface area contributed by atoms with E-state index in [4.69, 9.17) is 0 Å². The summed E-state index contributed by atoms with van der Waals surface area (Å²) in [6.07, 6.45) is 3.73. The van der Waals surface area contributed by atoms with Crippen LogP contribution in [-0.2, 0) is 21.1 Å². The van der Waals surface area contributed by atoms with E-state index in [-0.39, 0.29) is 17.6 Å². The van der Waals surface area contributed by atoms with Gasteiger partial charge in [0, 0.05) is 36.0 Å². The molecule has 156 valence electrons. The molecule has 0 spiro atoms. The third kappa shape index (κ3) is 6.08. The lowest BCUT2D eigenvalue weighted by atomic mass is 9.99. The molecule has 1 saturated carbocycles. The van der Waals surface area contributed by atoms with Crippen molar-refractivity contribution in [2.24, 2.45) is 5.92 Å². The monoisotopic (exact) mass is 420 g/mol. The summed E-state index contributed by atoms with van der Waals surface area (Å²) in [6.45, 7) is -0.847. The first-order valence-corrected chi connectivity index (χ1v) is 11.6. The number of nitrogens with zero attached hydrogens (tertiary/aromatic N) is 1. The van der Waals surface area contributed by atoms with Crippen LogP contribution in [-0.4, -0.2) is 49.1 Å². The fourth-order valence-corrected chi connectivity index (χ4v) is 3.57. The molecule has 1 aromatic heterocycles. The number of nitrogens with one attached hydrogen (secondary N) is 1. The summed E-state index contributed by atoms with van der Waals surface area (Å²) in [5, 5.41) is 13.0. The van der Waals surface area contributed by atoms with Gasteiger partial charge in [0.1, 0.15) is 22.6 Å². The van der Waals surface area contributed by atoms with Crippen molar-refractivity contribution in [2.75, 3.05) is 18.7 Å². The molecule has 0 unspecified atom stereocenters. The first-order chi connectivity index (χ1) is 13.8. The molecule has 0 saturated heterocycles. The predicted molar refractivity (Wildman–Crippen MR) is 109 cm³/mol. The zero-order chi connectivity index (χ0) is 21.0. The smallest absolute Gasteiger partial charge is 0.223 e. The number of carbonyl (C=O) groups is 1. The van der Waals surface area contributed by atoms with E-state index in [1.54, 1.807) is 36.5 Å². The van der Waals surface area contributed by atoms with Gasteiger partial charge in [-0.05, 0) is 30.0 Å². The maximum absolute atomic E-state index is 13.3. The van der Waals surface area contributed by atoms with Crippen LogP contribution in [0.5, 0.6) is 0 Å². The summed E-state index contributed by atoms with van der Waals surface area (Å²) in [5.74, 6) is -0.198. The van der Waals surface area contributed by atoms with Gasteiger partial charge in [0.25, 0.3) is 0 Å². The summed E-state index contributed by atoms with van der Waals surface area (Å²) in [6, 6.07) is 9.66. The molecule has 2 aromatic rings. The second-order valence-corrected chi connectivity index (χ2v) is 9.79. The molecular formula is C21H25FN2O4S. The summed E-state index contributed by atoms with van der Waals surface area (Å²) in [4.78, 5) is 16.2. The van der Waals surface area contributed by atoms with Gasteiger partial charge in [0.05, 0.1) is 11.8 Å². The van der Waals surface area contributed by atoms with E-state index in [1.165, 1.54) is 6.26 Å². The number of aliphatic hydroxyl groups is 1. The number of sulfone groups is 1. The normalized spacial score (nSPS) is 16.2. The fraction of sp³-hybridized carbons (Fsp3) is 0.429. The Morgan fingerprint density at radius 1 is 1.21 bits per heavy atom. The van der Waals surface area contributed by atoms with Crippen LogP contribution < -0.4 is 5.32 Å². The molecular weight excluding hydrogens is 395 g/mol. The molecule has 1 aromatic carbocycles. The summed E-state index contributed by atoms with van der Waals surface area (Å²) >= 11 is 0. The number of alkyl halides is 1. The Kier molecular flexibility index (Phi) is 6.64. The molecule has 6 nitrogen and oxygen atoms in total. The molecule has 0 bridgehead atoms. The van der Waals surface area contributed by atoms with Gasteiger partial charge in [0.15, 0.2) is 0 Å². The van der Waals surface area contributed by atoms with Crippen LogP contribution in [0.25, 0.3) is 11.1 Å². The summed E-state index contributed by atoms with van der Waals surface area (Å²) < 4.78 is 35.8. The molecule has 0 aliphatic heterocycles. The van der Waals surface area contributed by atoms with Crippen LogP contribution in [0, 0.1) is 5.92 Å². The molecule has 1 aliphatic rings.